The predicted octanol–water partition coefficient (Wildman–Crippen LogP) is 0.324. The van der Waals surface area contributed by atoms with Gasteiger partial charge in [0.05, 0.1) is 0 Å². The largest absolute Gasteiger partial charge is 0.480 e. The summed E-state index contributed by atoms with van der Waals surface area (Å²) < 4.78 is 0. The highest BCUT2D eigenvalue weighted by molar-refractivity contribution is 5.86. The van der Waals surface area contributed by atoms with Crippen LogP contribution >= 0.6 is 0 Å². The first-order valence-electron chi connectivity index (χ1n) is 3.58. The van der Waals surface area contributed by atoms with Crippen molar-refractivity contribution in [1.29, 1.82) is 0 Å². The highest BCUT2D eigenvalue weighted by atomic mass is 16.4. The van der Waals surface area contributed by atoms with Gasteiger partial charge in [-0.25, -0.2) is 0 Å². The quantitative estimate of drug-likeness (QED) is 0.584. The fourth-order valence-electron chi connectivity index (χ4n) is 0.741. The van der Waals surface area contributed by atoms with Gasteiger partial charge in [-0.3, -0.25) is 9.59 Å². The van der Waals surface area contributed by atoms with E-state index in [1.807, 2.05) is 0 Å². The molecule has 0 aromatic carbocycles. The molecular formula is C8H13NO3. The van der Waals surface area contributed by atoms with Crippen LogP contribution in [-0.2, 0) is 9.59 Å². The number of ketones is 1. The Morgan fingerprint density at radius 2 is 2.08 bits per heavy atom. The first-order chi connectivity index (χ1) is 5.43. The molecule has 0 aliphatic carbocycles. The van der Waals surface area contributed by atoms with Crippen molar-refractivity contribution in [3.05, 3.63) is 12.2 Å². The average Bonchev–Trinajstić information content (AvgIpc) is 1.84. The molecule has 0 bridgehead atoms. The molecule has 0 fully saturated rings. The van der Waals surface area contributed by atoms with Crippen molar-refractivity contribution in [1.82, 2.24) is 0 Å². The van der Waals surface area contributed by atoms with Gasteiger partial charge in [-0.15, -0.1) is 0 Å². The predicted molar refractivity (Wildman–Crippen MR) is 44.7 cm³/mol. The number of rotatable bonds is 5. The zero-order valence-electron chi connectivity index (χ0n) is 7.04. The highest BCUT2D eigenvalue weighted by Gasteiger charge is 2.15. The Balaban J connectivity index is 3.85. The topological polar surface area (TPSA) is 80.4 Å². The number of hydrogen-bond donors (Lipinski definition) is 2. The van der Waals surface area contributed by atoms with Gasteiger partial charge in [0.15, 0.2) is 0 Å². The average molecular weight is 171 g/mol. The van der Waals surface area contributed by atoms with Crippen LogP contribution in [0.3, 0.4) is 0 Å². The molecule has 1 unspecified atom stereocenters. The Kier molecular flexibility index (Phi) is 4.21. The lowest BCUT2D eigenvalue weighted by Gasteiger charge is -2.04. The fraction of sp³-hybridized carbons (Fsp3) is 0.500. The van der Waals surface area contributed by atoms with E-state index in [1.54, 1.807) is 6.92 Å². The molecule has 0 aliphatic rings. The molecule has 0 radical (unpaired) electrons. The maximum atomic E-state index is 11.0. The van der Waals surface area contributed by atoms with Crippen molar-refractivity contribution < 1.29 is 14.7 Å². The van der Waals surface area contributed by atoms with E-state index in [0.29, 0.717) is 0 Å². The third-order valence-electron chi connectivity index (χ3n) is 1.26. The van der Waals surface area contributed by atoms with Crippen molar-refractivity contribution in [3.8, 4) is 0 Å². The molecule has 12 heavy (non-hydrogen) atoms. The molecule has 1 atom stereocenters. The third-order valence-corrected chi connectivity index (χ3v) is 1.26. The number of hydrogen-bond acceptors (Lipinski definition) is 3. The van der Waals surface area contributed by atoms with Crippen molar-refractivity contribution in [3.63, 3.8) is 0 Å². The van der Waals surface area contributed by atoms with Crippen LogP contribution in [0.2, 0.25) is 0 Å². The second kappa shape index (κ2) is 4.66. The summed E-state index contributed by atoms with van der Waals surface area (Å²) in [6.45, 7) is 5.25. The van der Waals surface area contributed by atoms with Gasteiger partial charge < -0.3 is 10.8 Å². The second-order valence-electron chi connectivity index (χ2n) is 2.82. The molecule has 0 rings (SSSR count). The maximum Gasteiger partial charge on any atom is 0.320 e. The molecule has 0 saturated heterocycles. The van der Waals surface area contributed by atoms with E-state index in [0.717, 1.165) is 5.57 Å². The highest BCUT2D eigenvalue weighted by Crippen LogP contribution is 2.01. The molecule has 4 heteroatoms. The zero-order chi connectivity index (χ0) is 9.72. The van der Waals surface area contributed by atoms with Crippen LogP contribution in [0.1, 0.15) is 19.8 Å². The van der Waals surface area contributed by atoms with Crippen LogP contribution in [0.4, 0.5) is 0 Å². The number of carbonyl (C=O) groups excluding carboxylic acids is 1. The normalized spacial score (nSPS) is 12.2. The minimum absolute atomic E-state index is 0.123. The van der Waals surface area contributed by atoms with E-state index in [4.69, 9.17) is 10.8 Å². The third kappa shape index (κ3) is 4.62. The molecule has 0 aromatic rings. The lowest BCUT2D eigenvalue weighted by molar-refractivity contribution is -0.140. The molecule has 0 aromatic heterocycles. The van der Waals surface area contributed by atoms with Crippen molar-refractivity contribution in [2.75, 3.05) is 0 Å². The molecule has 0 spiro atoms. The van der Waals surface area contributed by atoms with E-state index in [9.17, 15) is 9.59 Å². The SMILES string of the molecule is C=C(C)CC(=O)CC(N)C(=O)O. The van der Waals surface area contributed by atoms with Gasteiger partial charge in [-0.2, -0.15) is 0 Å². The van der Waals surface area contributed by atoms with Crippen molar-refractivity contribution >= 4 is 11.8 Å². The van der Waals surface area contributed by atoms with E-state index >= 15 is 0 Å². The van der Waals surface area contributed by atoms with Gasteiger partial charge in [0.2, 0.25) is 0 Å². The van der Waals surface area contributed by atoms with Crippen LogP contribution in [-0.4, -0.2) is 22.9 Å². The lowest BCUT2D eigenvalue weighted by atomic mass is 10.1. The summed E-state index contributed by atoms with van der Waals surface area (Å²) in [7, 11) is 0. The Morgan fingerprint density at radius 3 is 2.42 bits per heavy atom. The summed E-state index contributed by atoms with van der Waals surface area (Å²) >= 11 is 0. The van der Waals surface area contributed by atoms with Gasteiger partial charge in [0.1, 0.15) is 11.8 Å². The summed E-state index contributed by atoms with van der Waals surface area (Å²) in [5.74, 6) is -1.33. The minimum Gasteiger partial charge on any atom is -0.480 e. The van der Waals surface area contributed by atoms with E-state index < -0.39 is 12.0 Å². The molecule has 0 aliphatic heterocycles. The van der Waals surface area contributed by atoms with Gasteiger partial charge >= 0.3 is 5.97 Å². The monoisotopic (exact) mass is 171 g/mol. The van der Waals surface area contributed by atoms with Gasteiger partial charge in [0.25, 0.3) is 0 Å². The lowest BCUT2D eigenvalue weighted by Crippen LogP contribution is -2.32. The van der Waals surface area contributed by atoms with Crippen LogP contribution < -0.4 is 5.73 Å². The summed E-state index contributed by atoms with van der Waals surface area (Å²) in [4.78, 5) is 21.2. The molecule has 0 saturated carbocycles. The Morgan fingerprint density at radius 1 is 1.58 bits per heavy atom. The number of carboxylic acid groups (broad SMARTS) is 1. The first kappa shape index (κ1) is 10.8. The van der Waals surface area contributed by atoms with Crippen LogP contribution in [0.5, 0.6) is 0 Å². The molecule has 68 valence electrons. The number of allylic oxidation sites excluding steroid dienone is 1. The second-order valence-corrected chi connectivity index (χ2v) is 2.82. The zero-order valence-corrected chi connectivity index (χ0v) is 7.04. The smallest absolute Gasteiger partial charge is 0.320 e. The number of carbonyl (C=O) groups is 2. The standard InChI is InChI=1S/C8H13NO3/c1-5(2)3-6(10)4-7(9)8(11)12/h7H,1,3-4,9H2,2H3,(H,11,12). The van der Waals surface area contributed by atoms with Crippen molar-refractivity contribution in [2.45, 2.75) is 25.8 Å². The van der Waals surface area contributed by atoms with Gasteiger partial charge in [-0.1, -0.05) is 12.2 Å². The van der Waals surface area contributed by atoms with Crippen molar-refractivity contribution in [2.24, 2.45) is 5.73 Å². The summed E-state index contributed by atoms with van der Waals surface area (Å²) in [5.41, 5.74) is 5.86. The molecule has 0 heterocycles. The van der Waals surface area contributed by atoms with E-state index in [-0.39, 0.29) is 18.6 Å². The number of aliphatic carboxylic acids is 1. The fourth-order valence-corrected chi connectivity index (χ4v) is 0.741. The first-order valence-corrected chi connectivity index (χ1v) is 3.58. The Hall–Kier alpha value is -1.16. The minimum atomic E-state index is -1.15. The van der Waals surface area contributed by atoms with E-state index in [2.05, 4.69) is 6.58 Å². The Bertz CT molecular complexity index is 210. The summed E-state index contributed by atoms with van der Waals surface area (Å²) in [6.07, 6.45) is 0.0865. The van der Waals surface area contributed by atoms with Gasteiger partial charge in [-0.05, 0) is 6.92 Å². The maximum absolute atomic E-state index is 11.0. The van der Waals surface area contributed by atoms with E-state index in [1.165, 1.54) is 0 Å². The number of carboxylic acids is 1. The number of nitrogens with two attached hydrogens (primary N) is 1. The number of Topliss-reactive ketones (excluding diaryl/α,β-unsaturated/α-hetero) is 1. The summed E-state index contributed by atoms with van der Waals surface area (Å²) in [6, 6.07) is -1.09. The molecule has 3 N–H and O–H groups in total. The Labute approximate surface area is 71.1 Å². The summed E-state index contributed by atoms with van der Waals surface area (Å²) in [5, 5.41) is 8.37. The van der Waals surface area contributed by atoms with Gasteiger partial charge in [0, 0.05) is 12.8 Å². The van der Waals surface area contributed by atoms with Crippen LogP contribution in [0.15, 0.2) is 12.2 Å². The molecule has 0 amide bonds. The molecular weight excluding hydrogens is 158 g/mol. The van der Waals surface area contributed by atoms with Crippen LogP contribution in [0.25, 0.3) is 0 Å². The molecule has 4 nitrogen and oxygen atoms in total. The van der Waals surface area contributed by atoms with Crippen LogP contribution in [0, 0.1) is 0 Å².